The summed E-state index contributed by atoms with van der Waals surface area (Å²) in [5.41, 5.74) is 1.29. The maximum absolute atomic E-state index is 14.5. The minimum absolute atomic E-state index is 0.0665. The molecule has 0 radical (unpaired) electrons. The van der Waals surface area contributed by atoms with Crippen molar-refractivity contribution in [3.8, 4) is 0 Å². The molecule has 1 atom stereocenters. The molecular weight excluding hydrogens is 381 g/mol. The first-order valence-electron chi connectivity index (χ1n) is 8.78. The fourth-order valence-electron chi connectivity index (χ4n) is 2.98. The van der Waals surface area contributed by atoms with Crippen LogP contribution in [-0.4, -0.2) is 12.0 Å². The van der Waals surface area contributed by atoms with Crippen LogP contribution in [0.2, 0.25) is 0 Å². The summed E-state index contributed by atoms with van der Waals surface area (Å²) >= 11 is 0.677. The van der Waals surface area contributed by atoms with Gasteiger partial charge in [-0.15, -0.1) is 11.8 Å². The van der Waals surface area contributed by atoms with Crippen molar-refractivity contribution in [3.63, 3.8) is 0 Å². The highest BCUT2D eigenvalue weighted by Crippen LogP contribution is 2.55. The van der Waals surface area contributed by atoms with Crippen LogP contribution in [0.15, 0.2) is 89.8 Å². The number of hydrogen-bond donors (Lipinski definition) is 0. The largest absolute Gasteiger partial charge is 0.408 e. The van der Waals surface area contributed by atoms with Gasteiger partial charge in [-0.25, -0.2) is 0 Å². The predicted octanol–water partition coefficient (Wildman–Crippen LogP) is 6.82. The molecule has 0 spiro atoms. The molecule has 0 amide bonds. The zero-order valence-corrected chi connectivity index (χ0v) is 16.1. The summed E-state index contributed by atoms with van der Waals surface area (Å²) in [4.78, 5) is 13.3. The van der Waals surface area contributed by atoms with E-state index >= 15 is 0 Å². The van der Waals surface area contributed by atoms with Crippen molar-refractivity contribution in [1.82, 2.24) is 0 Å². The summed E-state index contributed by atoms with van der Waals surface area (Å²) in [5.74, 6) is -0.537. The second-order valence-electron chi connectivity index (χ2n) is 6.57. The van der Waals surface area contributed by atoms with Crippen molar-refractivity contribution in [2.75, 3.05) is 0 Å². The monoisotopic (exact) mass is 400 g/mol. The number of benzene rings is 3. The third-order valence-corrected chi connectivity index (χ3v) is 5.98. The molecule has 0 aliphatic heterocycles. The SMILES string of the molecule is Cc1ccc(C(=O)C[C@](Sc2ccccc2)(c2ccccc2)C(F)(F)F)cc1. The summed E-state index contributed by atoms with van der Waals surface area (Å²) in [6, 6.07) is 22.7. The van der Waals surface area contributed by atoms with Crippen LogP contribution in [0.3, 0.4) is 0 Å². The van der Waals surface area contributed by atoms with Gasteiger partial charge in [-0.2, -0.15) is 13.2 Å². The van der Waals surface area contributed by atoms with E-state index < -0.39 is 23.1 Å². The van der Waals surface area contributed by atoms with Gasteiger partial charge in [-0.05, 0) is 24.6 Å². The lowest BCUT2D eigenvalue weighted by atomic mass is 9.89. The van der Waals surface area contributed by atoms with E-state index in [0.717, 1.165) is 5.56 Å². The number of ketones is 1. The van der Waals surface area contributed by atoms with E-state index in [9.17, 15) is 18.0 Å². The van der Waals surface area contributed by atoms with Crippen molar-refractivity contribution in [3.05, 3.63) is 102 Å². The number of hydrogen-bond acceptors (Lipinski definition) is 2. The van der Waals surface area contributed by atoms with Gasteiger partial charge in [-0.3, -0.25) is 4.79 Å². The molecule has 0 fully saturated rings. The Morgan fingerprint density at radius 1 is 0.821 bits per heavy atom. The first-order valence-corrected chi connectivity index (χ1v) is 9.60. The molecule has 1 nitrogen and oxygen atoms in total. The summed E-state index contributed by atoms with van der Waals surface area (Å²) in [5, 5.41) is 0. The Balaban J connectivity index is 2.09. The van der Waals surface area contributed by atoms with Crippen LogP contribution in [0.4, 0.5) is 13.2 Å². The quantitative estimate of drug-likeness (QED) is 0.334. The Bertz CT molecular complexity index is 922. The first kappa shape index (κ1) is 20.2. The van der Waals surface area contributed by atoms with Crippen LogP contribution in [0, 0.1) is 6.92 Å². The van der Waals surface area contributed by atoms with Gasteiger partial charge in [0.15, 0.2) is 5.78 Å². The Morgan fingerprint density at radius 2 is 1.36 bits per heavy atom. The van der Waals surface area contributed by atoms with E-state index in [4.69, 9.17) is 0 Å². The van der Waals surface area contributed by atoms with Crippen LogP contribution < -0.4 is 0 Å². The second kappa shape index (κ2) is 8.23. The molecule has 5 heteroatoms. The maximum Gasteiger partial charge on any atom is 0.408 e. The molecule has 0 aliphatic carbocycles. The molecule has 0 saturated heterocycles. The molecule has 0 aromatic heterocycles. The normalized spacial score (nSPS) is 13.7. The second-order valence-corrected chi connectivity index (χ2v) is 7.94. The minimum Gasteiger partial charge on any atom is -0.294 e. The lowest BCUT2D eigenvalue weighted by molar-refractivity contribution is -0.161. The number of rotatable bonds is 6. The van der Waals surface area contributed by atoms with Crippen LogP contribution >= 0.6 is 11.8 Å². The number of alkyl halides is 3. The van der Waals surface area contributed by atoms with Crippen molar-refractivity contribution in [2.45, 2.75) is 29.2 Å². The van der Waals surface area contributed by atoms with Gasteiger partial charge in [0, 0.05) is 16.9 Å². The minimum atomic E-state index is -4.63. The molecule has 144 valence electrons. The molecule has 0 unspecified atom stereocenters. The van der Waals surface area contributed by atoms with E-state index in [0.29, 0.717) is 16.7 Å². The smallest absolute Gasteiger partial charge is 0.294 e. The number of carbonyl (C=O) groups is 1. The molecule has 3 rings (SSSR count). The van der Waals surface area contributed by atoms with Gasteiger partial charge in [-0.1, -0.05) is 78.4 Å². The Labute approximate surface area is 166 Å². The zero-order valence-electron chi connectivity index (χ0n) is 15.2. The fraction of sp³-hybridized carbons (Fsp3) is 0.174. The van der Waals surface area contributed by atoms with Crippen molar-refractivity contribution >= 4 is 17.5 Å². The lowest BCUT2D eigenvalue weighted by Crippen LogP contribution is -2.41. The summed E-state index contributed by atoms with van der Waals surface area (Å²) in [7, 11) is 0. The average molecular weight is 400 g/mol. The van der Waals surface area contributed by atoms with Crippen LogP contribution in [0.1, 0.15) is 27.9 Å². The number of Topliss-reactive ketones (excluding diaryl/α,β-unsaturated/α-hetero) is 1. The third-order valence-electron chi connectivity index (χ3n) is 4.52. The van der Waals surface area contributed by atoms with Crippen molar-refractivity contribution in [2.24, 2.45) is 0 Å². The van der Waals surface area contributed by atoms with Gasteiger partial charge < -0.3 is 0 Å². The zero-order chi connectivity index (χ0) is 20.2. The Morgan fingerprint density at radius 3 is 1.89 bits per heavy atom. The van der Waals surface area contributed by atoms with E-state index in [-0.39, 0.29) is 11.1 Å². The van der Waals surface area contributed by atoms with Gasteiger partial charge in [0.1, 0.15) is 4.75 Å². The van der Waals surface area contributed by atoms with Crippen LogP contribution in [0.25, 0.3) is 0 Å². The van der Waals surface area contributed by atoms with E-state index in [1.165, 1.54) is 12.1 Å². The predicted molar refractivity (Wildman–Crippen MR) is 107 cm³/mol. The van der Waals surface area contributed by atoms with Gasteiger partial charge in [0.05, 0.1) is 0 Å². The Kier molecular flexibility index (Phi) is 5.94. The van der Waals surface area contributed by atoms with E-state index in [1.54, 1.807) is 72.8 Å². The van der Waals surface area contributed by atoms with Crippen molar-refractivity contribution in [1.29, 1.82) is 0 Å². The summed E-state index contributed by atoms with van der Waals surface area (Å²) in [6.45, 7) is 1.86. The van der Waals surface area contributed by atoms with Crippen molar-refractivity contribution < 1.29 is 18.0 Å². The molecule has 0 N–H and O–H groups in total. The number of thioether (sulfide) groups is 1. The molecule has 28 heavy (non-hydrogen) atoms. The number of halogens is 3. The van der Waals surface area contributed by atoms with Gasteiger partial charge in [0.2, 0.25) is 0 Å². The standard InChI is InChI=1S/C23H19F3OS/c1-17-12-14-18(15-13-17)21(27)16-22(23(24,25)26,19-8-4-2-5-9-19)28-20-10-6-3-7-11-20/h2-15H,16H2,1H3/t22-/m0/s1. The third kappa shape index (κ3) is 4.30. The Hall–Kier alpha value is -2.53. The molecule has 0 bridgehead atoms. The lowest BCUT2D eigenvalue weighted by Gasteiger charge is -2.35. The summed E-state index contributed by atoms with van der Waals surface area (Å²) in [6.07, 6.45) is -5.31. The summed E-state index contributed by atoms with van der Waals surface area (Å²) < 4.78 is 41.2. The number of carbonyl (C=O) groups excluding carboxylic acids is 1. The molecular formula is C23H19F3OS. The van der Waals surface area contributed by atoms with E-state index in [2.05, 4.69) is 0 Å². The fourth-order valence-corrected chi connectivity index (χ4v) is 4.25. The van der Waals surface area contributed by atoms with Gasteiger partial charge >= 0.3 is 6.18 Å². The van der Waals surface area contributed by atoms with Crippen LogP contribution in [-0.2, 0) is 4.75 Å². The average Bonchev–Trinajstić information content (AvgIpc) is 2.68. The molecule has 3 aromatic carbocycles. The van der Waals surface area contributed by atoms with Crippen LogP contribution in [0.5, 0.6) is 0 Å². The maximum atomic E-state index is 14.5. The highest BCUT2D eigenvalue weighted by atomic mass is 32.2. The highest BCUT2D eigenvalue weighted by Gasteiger charge is 2.57. The molecule has 0 saturated carbocycles. The molecule has 3 aromatic rings. The highest BCUT2D eigenvalue weighted by molar-refractivity contribution is 8.00. The number of aryl methyl sites for hydroxylation is 1. The molecule has 0 heterocycles. The molecule has 0 aliphatic rings. The topological polar surface area (TPSA) is 17.1 Å². The van der Waals surface area contributed by atoms with E-state index in [1.807, 2.05) is 6.92 Å². The van der Waals surface area contributed by atoms with Gasteiger partial charge in [0.25, 0.3) is 0 Å². The first-order chi connectivity index (χ1) is 13.3.